The summed E-state index contributed by atoms with van der Waals surface area (Å²) in [6, 6.07) is 8.81. The van der Waals surface area contributed by atoms with Crippen molar-refractivity contribution < 1.29 is 4.92 Å². The summed E-state index contributed by atoms with van der Waals surface area (Å²) in [5, 5.41) is 10.8. The lowest BCUT2D eigenvalue weighted by atomic mass is 10.1. The predicted octanol–water partition coefficient (Wildman–Crippen LogP) is 1.91. The van der Waals surface area contributed by atoms with Crippen LogP contribution in [0.3, 0.4) is 0 Å². The van der Waals surface area contributed by atoms with E-state index < -0.39 is 4.92 Å². The molecule has 0 unspecified atom stereocenters. The second-order valence-electron chi connectivity index (χ2n) is 4.78. The summed E-state index contributed by atoms with van der Waals surface area (Å²) in [4.78, 5) is 16.5. The van der Waals surface area contributed by atoms with Gasteiger partial charge in [0, 0.05) is 31.5 Å². The topological polar surface area (TPSA) is 97.3 Å². The standard InChI is InChI=1S/C14H17N5O2/c1-18(9-11-4-6-16-7-5-11)10-12-2-3-14(19(20)21)13(8-12)17-15/h2-8,17H,9-10,15H2,1H3. The minimum Gasteiger partial charge on any atom is -0.318 e. The van der Waals surface area contributed by atoms with Crippen LogP contribution in [0.15, 0.2) is 42.7 Å². The van der Waals surface area contributed by atoms with Gasteiger partial charge in [-0.3, -0.25) is 25.8 Å². The average molecular weight is 287 g/mol. The average Bonchev–Trinajstić information content (AvgIpc) is 2.47. The zero-order valence-corrected chi connectivity index (χ0v) is 11.7. The molecular formula is C14H17N5O2. The van der Waals surface area contributed by atoms with Gasteiger partial charge < -0.3 is 5.43 Å². The summed E-state index contributed by atoms with van der Waals surface area (Å²) in [6.45, 7) is 1.43. The van der Waals surface area contributed by atoms with Crippen LogP contribution in [-0.4, -0.2) is 21.9 Å². The van der Waals surface area contributed by atoms with Gasteiger partial charge in [-0.15, -0.1) is 0 Å². The zero-order chi connectivity index (χ0) is 15.2. The zero-order valence-electron chi connectivity index (χ0n) is 11.7. The number of hydrogen-bond acceptors (Lipinski definition) is 6. The Balaban J connectivity index is 2.07. The van der Waals surface area contributed by atoms with Crippen LogP contribution in [0.2, 0.25) is 0 Å². The highest BCUT2D eigenvalue weighted by Crippen LogP contribution is 2.25. The van der Waals surface area contributed by atoms with Gasteiger partial charge in [0.05, 0.1) is 4.92 Å². The van der Waals surface area contributed by atoms with Crippen molar-refractivity contribution in [3.63, 3.8) is 0 Å². The van der Waals surface area contributed by atoms with E-state index >= 15 is 0 Å². The molecule has 1 heterocycles. The Morgan fingerprint density at radius 3 is 2.52 bits per heavy atom. The van der Waals surface area contributed by atoms with Crippen LogP contribution in [-0.2, 0) is 13.1 Å². The van der Waals surface area contributed by atoms with Crippen LogP contribution in [0.25, 0.3) is 0 Å². The van der Waals surface area contributed by atoms with Crippen LogP contribution in [0.5, 0.6) is 0 Å². The molecule has 0 aliphatic heterocycles. The Kier molecular flexibility index (Phi) is 4.81. The van der Waals surface area contributed by atoms with Crippen molar-refractivity contribution in [1.82, 2.24) is 9.88 Å². The first kappa shape index (κ1) is 14.9. The molecule has 0 aliphatic rings. The maximum absolute atomic E-state index is 10.8. The molecule has 3 N–H and O–H groups in total. The molecule has 0 saturated heterocycles. The van der Waals surface area contributed by atoms with Crippen molar-refractivity contribution in [3.05, 3.63) is 64.0 Å². The number of nitro benzene ring substituents is 1. The van der Waals surface area contributed by atoms with E-state index in [0.29, 0.717) is 12.2 Å². The van der Waals surface area contributed by atoms with E-state index in [4.69, 9.17) is 5.84 Å². The van der Waals surface area contributed by atoms with Gasteiger partial charge in [0.2, 0.25) is 0 Å². The van der Waals surface area contributed by atoms with E-state index in [1.807, 2.05) is 19.2 Å². The summed E-state index contributed by atoms with van der Waals surface area (Å²) in [7, 11) is 1.98. The van der Waals surface area contributed by atoms with Gasteiger partial charge in [-0.25, -0.2) is 0 Å². The lowest BCUT2D eigenvalue weighted by Gasteiger charge is -2.17. The molecule has 0 spiro atoms. The van der Waals surface area contributed by atoms with Crippen LogP contribution in [0.4, 0.5) is 11.4 Å². The van der Waals surface area contributed by atoms with Crippen molar-refractivity contribution >= 4 is 11.4 Å². The van der Waals surface area contributed by atoms with E-state index in [9.17, 15) is 10.1 Å². The smallest absolute Gasteiger partial charge is 0.293 e. The van der Waals surface area contributed by atoms with E-state index in [-0.39, 0.29) is 5.69 Å². The number of nitrogens with zero attached hydrogens (tertiary/aromatic N) is 3. The van der Waals surface area contributed by atoms with Crippen molar-refractivity contribution in [2.45, 2.75) is 13.1 Å². The van der Waals surface area contributed by atoms with Crippen molar-refractivity contribution in [1.29, 1.82) is 0 Å². The minimum atomic E-state index is -0.459. The number of anilines is 1. The number of nitro groups is 1. The number of rotatable bonds is 6. The first-order valence-electron chi connectivity index (χ1n) is 6.41. The Bertz CT molecular complexity index is 618. The number of nitrogen functional groups attached to an aromatic ring is 1. The highest BCUT2D eigenvalue weighted by Gasteiger charge is 2.13. The van der Waals surface area contributed by atoms with E-state index in [1.165, 1.54) is 6.07 Å². The van der Waals surface area contributed by atoms with Crippen molar-refractivity contribution in [2.24, 2.45) is 5.84 Å². The van der Waals surface area contributed by atoms with Gasteiger partial charge in [0.1, 0.15) is 5.69 Å². The first-order valence-corrected chi connectivity index (χ1v) is 6.41. The molecule has 0 saturated carbocycles. The minimum absolute atomic E-state index is 0.0296. The maximum Gasteiger partial charge on any atom is 0.293 e. The molecule has 110 valence electrons. The summed E-state index contributed by atoms with van der Waals surface area (Å²) >= 11 is 0. The number of pyridine rings is 1. The summed E-state index contributed by atoms with van der Waals surface area (Å²) in [6.07, 6.45) is 3.51. The van der Waals surface area contributed by atoms with E-state index in [1.54, 1.807) is 24.5 Å². The molecule has 7 nitrogen and oxygen atoms in total. The number of nitrogens with one attached hydrogen (secondary N) is 1. The summed E-state index contributed by atoms with van der Waals surface area (Å²) in [5.41, 5.74) is 4.76. The fourth-order valence-electron chi connectivity index (χ4n) is 2.12. The second-order valence-corrected chi connectivity index (χ2v) is 4.78. The molecule has 7 heteroatoms. The Morgan fingerprint density at radius 1 is 1.24 bits per heavy atom. The third kappa shape index (κ3) is 3.98. The summed E-state index contributed by atoms with van der Waals surface area (Å²) in [5.74, 6) is 5.34. The molecule has 0 radical (unpaired) electrons. The van der Waals surface area contributed by atoms with Crippen LogP contribution >= 0.6 is 0 Å². The van der Waals surface area contributed by atoms with Crippen LogP contribution in [0, 0.1) is 10.1 Å². The van der Waals surface area contributed by atoms with E-state index in [0.717, 1.165) is 17.7 Å². The number of aromatic nitrogens is 1. The molecule has 0 fully saturated rings. The molecule has 1 aromatic carbocycles. The van der Waals surface area contributed by atoms with Gasteiger partial charge in [-0.1, -0.05) is 6.07 Å². The molecule has 2 aromatic rings. The third-order valence-electron chi connectivity index (χ3n) is 3.07. The lowest BCUT2D eigenvalue weighted by Crippen LogP contribution is -2.17. The molecule has 1 aromatic heterocycles. The van der Waals surface area contributed by atoms with E-state index in [2.05, 4.69) is 15.3 Å². The number of benzene rings is 1. The second kappa shape index (κ2) is 6.78. The quantitative estimate of drug-likeness (QED) is 0.478. The van der Waals surface area contributed by atoms with Gasteiger partial charge in [0.15, 0.2) is 0 Å². The first-order chi connectivity index (χ1) is 10.1. The summed E-state index contributed by atoms with van der Waals surface area (Å²) < 4.78 is 0. The monoisotopic (exact) mass is 287 g/mol. The van der Waals surface area contributed by atoms with Crippen LogP contribution < -0.4 is 11.3 Å². The molecular weight excluding hydrogens is 270 g/mol. The fraction of sp³-hybridized carbons (Fsp3) is 0.214. The van der Waals surface area contributed by atoms with Crippen molar-refractivity contribution in [3.8, 4) is 0 Å². The molecule has 0 atom stereocenters. The SMILES string of the molecule is CN(Cc1ccncc1)Cc1ccc([N+](=O)[O-])c(NN)c1. The normalized spacial score (nSPS) is 10.6. The highest BCUT2D eigenvalue weighted by atomic mass is 16.6. The lowest BCUT2D eigenvalue weighted by molar-refractivity contribution is -0.384. The Hall–Kier alpha value is -2.51. The largest absolute Gasteiger partial charge is 0.318 e. The number of nitrogens with two attached hydrogens (primary N) is 1. The molecule has 0 bridgehead atoms. The van der Waals surface area contributed by atoms with Gasteiger partial charge in [0.25, 0.3) is 5.69 Å². The fourth-order valence-corrected chi connectivity index (χ4v) is 2.12. The van der Waals surface area contributed by atoms with Crippen LogP contribution in [0.1, 0.15) is 11.1 Å². The predicted molar refractivity (Wildman–Crippen MR) is 80.3 cm³/mol. The van der Waals surface area contributed by atoms with Gasteiger partial charge >= 0.3 is 0 Å². The van der Waals surface area contributed by atoms with Crippen molar-refractivity contribution in [2.75, 3.05) is 12.5 Å². The highest BCUT2D eigenvalue weighted by molar-refractivity contribution is 5.62. The third-order valence-corrected chi connectivity index (χ3v) is 3.07. The van der Waals surface area contributed by atoms with Gasteiger partial charge in [-0.05, 0) is 36.4 Å². The Labute approximate surface area is 122 Å². The Morgan fingerprint density at radius 2 is 1.90 bits per heavy atom. The molecule has 0 aliphatic carbocycles. The maximum atomic E-state index is 10.8. The molecule has 21 heavy (non-hydrogen) atoms. The van der Waals surface area contributed by atoms with Gasteiger partial charge in [-0.2, -0.15) is 0 Å². The molecule has 0 amide bonds. The molecule has 2 rings (SSSR count). The number of hydrogen-bond donors (Lipinski definition) is 2. The number of hydrazine groups is 1.